The number of aryl methyl sites for hydroxylation is 1. The Morgan fingerprint density at radius 3 is 2.73 bits per heavy atom. The van der Waals surface area contributed by atoms with Crippen LogP contribution in [0.4, 0.5) is 10.2 Å². The first-order valence-corrected chi connectivity index (χ1v) is 11.8. The van der Waals surface area contributed by atoms with Crippen LogP contribution in [0.15, 0.2) is 23.1 Å². The van der Waals surface area contributed by atoms with Crippen molar-refractivity contribution in [1.82, 2.24) is 19.2 Å². The van der Waals surface area contributed by atoms with E-state index in [1.165, 1.54) is 22.5 Å². The number of hydrogen-bond acceptors (Lipinski definition) is 6. The summed E-state index contributed by atoms with van der Waals surface area (Å²) in [6, 6.07) is 3.53. The average molecular weight is 434 g/mol. The molecule has 0 aliphatic carbocycles. The molecule has 1 aromatic carbocycles. The molecule has 2 aliphatic rings. The van der Waals surface area contributed by atoms with Crippen molar-refractivity contribution < 1.29 is 12.8 Å². The number of hydrogen-bond donors (Lipinski definition) is 1. The van der Waals surface area contributed by atoms with E-state index in [9.17, 15) is 12.8 Å². The summed E-state index contributed by atoms with van der Waals surface area (Å²) >= 11 is 0. The molecule has 1 aromatic heterocycles. The fourth-order valence-corrected chi connectivity index (χ4v) is 6.03. The fraction of sp³-hybridized carbons (Fsp3) is 0.524. The SMILES string of the molecule is CNc1nc([C@H]2CCCCN2S(=O)(=O)c2ccc(F)c(C)c2)nc2c1CN(C)CC2. The first-order chi connectivity index (χ1) is 14.3. The van der Waals surface area contributed by atoms with E-state index in [0.717, 1.165) is 49.4 Å². The summed E-state index contributed by atoms with van der Waals surface area (Å²) in [5.74, 6) is 0.901. The Bertz CT molecular complexity index is 1040. The summed E-state index contributed by atoms with van der Waals surface area (Å²) < 4.78 is 42.1. The Morgan fingerprint density at radius 1 is 1.20 bits per heavy atom. The zero-order valence-electron chi connectivity index (χ0n) is 17.7. The number of sulfonamides is 1. The average Bonchev–Trinajstić information content (AvgIpc) is 2.74. The van der Waals surface area contributed by atoms with Crippen LogP contribution in [0, 0.1) is 12.7 Å². The number of benzene rings is 1. The van der Waals surface area contributed by atoms with E-state index < -0.39 is 21.9 Å². The van der Waals surface area contributed by atoms with Crippen LogP contribution in [0.2, 0.25) is 0 Å². The monoisotopic (exact) mass is 433 g/mol. The van der Waals surface area contributed by atoms with E-state index in [0.29, 0.717) is 24.4 Å². The molecule has 2 aromatic rings. The molecule has 4 rings (SSSR count). The number of likely N-dealkylation sites (N-methyl/N-ethyl adjacent to an activating group) is 1. The summed E-state index contributed by atoms with van der Waals surface area (Å²) in [4.78, 5) is 11.9. The number of nitrogens with one attached hydrogen (secondary N) is 1. The smallest absolute Gasteiger partial charge is 0.243 e. The molecule has 0 bridgehead atoms. The molecular formula is C21H28FN5O2S. The molecule has 7 nitrogen and oxygen atoms in total. The predicted molar refractivity (Wildman–Crippen MR) is 113 cm³/mol. The van der Waals surface area contributed by atoms with Crippen LogP contribution in [0.25, 0.3) is 0 Å². The van der Waals surface area contributed by atoms with Gasteiger partial charge in [-0.2, -0.15) is 4.31 Å². The summed E-state index contributed by atoms with van der Waals surface area (Å²) in [6.07, 6.45) is 3.18. The summed E-state index contributed by atoms with van der Waals surface area (Å²) in [7, 11) is 0.107. The van der Waals surface area contributed by atoms with E-state index in [2.05, 4.69) is 17.3 Å². The number of anilines is 1. The van der Waals surface area contributed by atoms with Gasteiger partial charge < -0.3 is 10.2 Å². The Hall–Kier alpha value is -2.10. The van der Waals surface area contributed by atoms with Crippen molar-refractivity contribution in [3.63, 3.8) is 0 Å². The van der Waals surface area contributed by atoms with Crippen molar-refractivity contribution >= 4 is 15.8 Å². The lowest BCUT2D eigenvalue weighted by Gasteiger charge is -2.35. The van der Waals surface area contributed by atoms with Gasteiger partial charge in [-0.3, -0.25) is 0 Å². The highest BCUT2D eigenvalue weighted by molar-refractivity contribution is 7.89. The van der Waals surface area contributed by atoms with Gasteiger partial charge in [-0.15, -0.1) is 0 Å². The van der Waals surface area contributed by atoms with Gasteiger partial charge in [0.25, 0.3) is 0 Å². The Morgan fingerprint density at radius 2 is 2.00 bits per heavy atom. The lowest BCUT2D eigenvalue weighted by atomic mass is 10.0. The molecule has 1 fully saturated rings. The standard InChI is InChI=1S/C21H28FN5O2S/c1-14-12-15(7-8-17(14)22)30(28,29)27-10-5-4-6-19(27)21-24-18-9-11-26(3)13-16(18)20(23-2)25-21/h7-8,12,19H,4-6,9-11,13H2,1-3H3,(H,23,24,25)/t19-/m1/s1. The van der Waals surface area contributed by atoms with Crippen molar-refractivity contribution in [2.24, 2.45) is 0 Å². The normalized spacial score (nSPS) is 20.7. The van der Waals surface area contributed by atoms with Crippen molar-refractivity contribution in [3.05, 3.63) is 46.7 Å². The van der Waals surface area contributed by atoms with Gasteiger partial charge in [0, 0.05) is 38.7 Å². The zero-order valence-corrected chi connectivity index (χ0v) is 18.5. The Balaban J connectivity index is 1.75. The molecule has 162 valence electrons. The van der Waals surface area contributed by atoms with Crippen molar-refractivity contribution in [2.75, 3.05) is 32.5 Å². The van der Waals surface area contributed by atoms with E-state index >= 15 is 0 Å². The molecule has 1 atom stereocenters. The van der Waals surface area contributed by atoms with E-state index in [1.54, 1.807) is 6.92 Å². The lowest BCUT2D eigenvalue weighted by molar-refractivity contribution is 0.244. The van der Waals surface area contributed by atoms with Gasteiger partial charge in [0.15, 0.2) is 0 Å². The maximum absolute atomic E-state index is 13.7. The topological polar surface area (TPSA) is 78.4 Å². The van der Waals surface area contributed by atoms with Crippen LogP contribution in [0.5, 0.6) is 0 Å². The number of rotatable bonds is 4. The van der Waals surface area contributed by atoms with Crippen LogP contribution in [-0.2, 0) is 23.0 Å². The summed E-state index contributed by atoms with van der Waals surface area (Å²) in [6.45, 7) is 3.66. The minimum atomic E-state index is -3.79. The van der Waals surface area contributed by atoms with Crippen LogP contribution < -0.4 is 5.32 Å². The molecule has 0 saturated carbocycles. The highest BCUT2D eigenvalue weighted by atomic mass is 32.2. The van der Waals surface area contributed by atoms with Gasteiger partial charge in [-0.25, -0.2) is 22.8 Å². The van der Waals surface area contributed by atoms with Gasteiger partial charge >= 0.3 is 0 Å². The molecule has 9 heteroatoms. The molecule has 1 saturated heterocycles. The minimum Gasteiger partial charge on any atom is -0.373 e. The fourth-order valence-electron chi connectivity index (χ4n) is 4.29. The number of aromatic nitrogens is 2. The third-order valence-electron chi connectivity index (χ3n) is 5.99. The van der Waals surface area contributed by atoms with E-state index in [1.807, 2.05) is 7.05 Å². The number of halogens is 1. The van der Waals surface area contributed by atoms with Gasteiger partial charge in [-0.1, -0.05) is 6.42 Å². The number of nitrogens with zero attached hydrogens (tertiary/aromatic N) is 4. The summed E-state index contributed by atoms with van der Waals surface area (Å²) in [5, 5.41) is 3.17. The molecular weight excluding hydrogens is 405 g/mol. The molecule has 0 spiro atoms. The second-order valence-corrected chi connectivity index (χ2v) is 10.0. The van der Waals surface area contributed by atoms with Crippen LogP contribution >= 0.6 is 0 Å². The Labute approximate surface area is 177 Å². The maximum atomic E-state index is 13.7. The van der Waals surface area contributed by atoms with Crippen LogP contribution in [-0.4, -0.2) is 54.8 Å². The van der Waals surface area contributed by atoms with Crippen LogP contribution in [0.1, 0.15) is 47.9 Å². The predicted octanol–water partition coefficient (Wildman–Crippen LogP) is 2.87. The molecule has 0 radical (unpaired) electrons. The Kier molecular flexibility index (Phi) is 5.78. The van der Waals surface area contributed by atoms with Gasteiger partial charge in [0.1, 0.15) is 17.5 Å². The quantitative estimate of drug-likeness (QED) is 0.799. The van der Waals surface area contributed by atoms with Crippen LogP contribution in [0.3, 0.4) is 0 Å². The van der Waals surface area contributed by atoms with Gasteiger partial charge in [0.2, 0.25) is 10.0 Å². The molecule has 0 amide bonds. The van der Waals surface area contributed by atoms with E-state index in [4.69, 9.17) is 9.97 Å². The number of fused-ring (bicyclic) bond motifs is 1. The largest absolute Gasteiger partial charge is 0.373 e. The second-order valence-electron chi connectivity index (χ2n) is 8.13. The lowest BCUT2D eigenvalue weighted by Crippen LogP contribution is -2.40. The maximum Gasteiger partial charge on any atom is 0.243 e. The highest BCUT2D eigenvalue weighted by Gasteiger charge is 2.37. The molecule has 30 heavy (non-hydrogen) atoms. The first-order valence-electron chi connectivity index (χ1n) is 10.3. The van der Waals surface area contributed by atoms with Gasteiger partial charge in [0.05, 0.1) is 16.6 Å². The molecule has 1 N–H and O–H groups in total. The van der Waals surface area contributed by atoms with Crippen molar-refractivity contribution in [3.8, 4) is 0 Å². The van der Waals surface area contributed by atoms with Gasteiger partial charge in [-0.05, 0) is 50.6 Å². The molecule has 3 heterocycles. The second kappa shape index (κ2) is 8.20. The zero-order chi connectivity index (χ0) is 21.5. The molecule has 0 unspecified atom stereocenters. The highest BCUT2D eigenvalue weighted by Crippen LogP contribution is 2.36. The third-order valence-corrected chi connectivity index (χ3v) is 7.90. The number of piperidine rings is 1. The van der Waals surface area contributed by atoms with Crippen molar-refractivity contribution in [2.45, 2.75) is 50.1 Å². The first kappa shape index (κ1) is 21.1. The molecule has 2 aliphatic heterocycles. The third kappa shape index (κ3) is 3.81. The minimum absolute atomic E-state index is 0.113. The van der Waals surface area contributed by atoms with Crippen molar-refractivity contribution in [1.29, 1.82) is 0 Å². The van der Waals surface area contributed by atoms with E-state index in [-0.39, 0.29) is 4.90 Å². The summed E-state index contributed by atoms with van der Waals surface area (Å²) in [5.41, 5.74) is 2.38.